The summed E-state index contributed by atoms with van der Waals surface area (Å²) < 4.78 is 32.1. The van der Waals surface area contributed by atoms with Crippen molar-refractivity contribution >= 4 is 6.09 Å². The zero-order valence-corrected chi connectivity index (χ0v) is 21.1. The highest BCUT2D eigenvalue weighted by atomic mass is 19.1. The quantitative estimate of drug-likeness (QED) is 0.403. The van der Waals surface area contributed by atoms with Gasteiger partial charge in [0.15, 0.2) is 0 Å². The van der Waals surface area contributed by atoms with Crippen LogP contribution in [0.3, 0.4) is 0 Å². The van der Waals surface area contributed by atoms with Crippen LogP contribution in [0.4, 0.5) is 9.18 Å². The van der Waals surface area contributed by atoms with E-state index in [1.165, 1.54) is 6.07 Å². The minimum absolute atomic E-state index is 0.000659. The van der Waals surface area contributed by atoms with Gasteiger partial charge in [-0.25, -0.2) is 9.18 Å². The number of amides is 1. The van der Waals surface area contributed by atoms with Crippen molar-refractivity contribution in [2.45, 2.75) is 71.2 Å². The van der Waals surface area contributed by atoms with E-state index in [2.05, 4.69) is 0 Å². The van der Waals surface area contributed by atoms with Crippen molar-refractivity contribution in [2.24, 2.45) is 0 Å². The molecule has 0 spiro atoms. The number of carbonyl (C=O) groups excluding carboxylic acids is 1. The molecule has 6 heteroatoms. The fraction of sp³-hybridized carbons (Fsp3) is 0.536. The minimum Gasteiger partial charge on any atom is -0.444 e. The van der Waals surface area contributed by atoms with Crippen molar-refractivity contribution in [1.82, 2.24) is 4.90 Å². The Hall–Kier alpha value is -2.44. The van der Waals surface area contributed by atoms with Crippen molar-refractivity contribution < 1.29 is 23.4 Å². The van der Waals surface area contributed by atoms with Gasteiger partial charge in [-0.15, -0.1) is 0 Å². The average molecular weight is 472 g/mol. The maximum atomic E-state index is 14.9. The summed E-state index contributed by atoms with van der Waals surface area (Å²) in [7, 11) is 1.68. The van der Waals surface area contributed by atoms with Gasteiger partial charge < -0.3 is 19.1 Å². The van der Waals surface area contributed by atoms with Crippen molar-refractivity contribution in [2.75, 3.05) is 26.8 Å². The molecule has 1 amide bonds. The van der Waals surface area contributed by atoms with Crippen LogP contribution in [0.1, 0.15) is 63.7 Å². The minimum atomic E-state index is -0.506. The van der Waals surface area contributed by atoms with E-state index in [-0.39, 0.29) is 24.1 Å². The molecule has 0 N–H and O–H groups in total. The van der Waals surface area contributed by atoms with Gasteiger partial charge >= 0.3 is 6.09 Å². The molecule has 0 aliphatic carbocycles. The third-order valence-electron chi connectivity index (χ3n) is 6.02. The molecule has 1 saturated heterocycles. The summed E-state index contributed by atoms with van der Waals surface area (Å²) >= 11 is 0. The number of ether oxygens (including phenoxy) is 3. The number of hydrogen-bond donors (Lipinski definition) is 0. The predicted molar refractivity (Wildman–Crippen MR) is 132 cm³/mol. The molecule has 1 aliphatic rings. The van der Waals surface area contributed by atoms with E-state index in [1.807, 2.05) is 58.0 Å². The molecule has 1 fully saturated rings. The molecule has 0 aromatic heterocycles. The third-order valence-corrected chi connectivity index (χ3v) is 6.02. The van der Waals surface area contributed by atoms with Crippen LogP contribution in [0.2, 0.25) is 0 Å². The molecule has 0 radical (unpaired) electrons. The van der Waals surface area contributed by atoms with Crippen LogP contribution >= 0.6 is 0 Å². The van der Waals surface area contributed by atoms with Crippen LogP contribution in [0.5, 0.6) is 0 Å². The first kappa shape index (κ1) is 26.2. The average Bonchev–Trinajstić information content (AvgIpc) is 2.78. The summed E-state index contributed by atoms with van der Waals surface area (Å²) in [6, 6.07) is 13.1. The van der Waals surface area contributed by atoms with E-state index in [0.29, 0.717) is 25.3 Å². The number of unbranched alkanes of at least 4 members (excludes halogenated alkanes) is 1. The van der Waals surface area contributed by atoms with Crippen molar-refractivity contribution in [1.29, 1.82) is 0 Å². The number of rotatable bonds is 8. The van der Waals surface area contributed by atoms with E-state index in [9.17, 15) is 9.18 Å². The Morgan fingerprint density at radius 3 is 2.68 bits per heavy atom. The molecule has 1 heterocycles. The number of aryl methyl sites for hydroxylation is 1. The lowest BCUT2D eigenvalue weighted by Gasteiger charge is -2.34. The summed E-state index contributed by atoms with van der Waals surface area (Å²) in [5, 5.41) is 0. The monoisotopic (exact) mass is 471 g/mol. The molecule has 0 bridgehead atoms. The number of halogens is 1. The van der Waals surface area contributed by atoms with Crippen LogP contribution in [-0.2, 0) is 14.2 Å². The molecule has 2 aromatic carbocycles. The Balaban J connectivity index is 1.57. The molecule has 0 saturated carbocycles. The molecule has 2 aromatic rings. The van der Waals surface area contributed by atoms with Crippen LogP contribution in [0, 0.1) is 12.7 Å². The lowest BCUT2D eigenvalue weighted by molar-refractivity contribution is -0.0454. The summed E-state index contributed by atoms with van der Waals surface area (Å²) in [6.07, 6.45) is 2.99. The number of benzene rings is 2. The fourth-order valence-electron chi connectivity index (χ4n) is 4.40. The van der Waals surface area contributed by atoms with E-state index >= 15 is 0 Å². The van der Waals surface area contributed by atoms with Crippen molar-refractivity contribution in [3.8, 4) is 11.1 Å². The van der Waals surface area contributed by atoms with E-state index < -0.39 is 5.60 Å². The largest absolute Gasteiger partial charge is 0.444 e. The van der Waals surface area contributed by atoms with Gasteiger partial charge in [-0.2, -0.15) is 0 Å². The Morgan fingerprint density at radius 2 is 1.97 bits per heavy atom. The molecule has 2 atom stereocenters. The lowest BCUT2D eigenvalue weighted by Crippen LogP contribution is -2.47. The Morgan fingerprint density at radius 1 is 1.21 bits per heavy atom. The smallest absolute Gasteiger partial charge is 0.410 e. The second-order valence-corrected chi connectivity index (χ2v) is 10.0. The first-order valence-electron chi connectivity index (χ1n) is 12.2. The fourth-order valence-corrected chi connectivity index (χ4v) is 4.40. The maximum Gasteiger partial charge on any atom is 0.410 e. The zero-order valence-electron chi connectivity index (χ0n) is 21.1. The second kappa shape index (κ2) is 11.8. The van der Waals surface area contributed by atoms with Gasteiger partial charge in [0.2, 0.25) is 0 Å². The van der Waals surface area contributed by atoms with Gasteiger partial charge in [0.1, 0.15) is 11.4 Å². The predicted octanol–water partition coefficient (Wildman–Crippen LogP) is 6.68. The molecule has 3 rings (SSSR count). The summed E-state index contributed by atoms with van der Waals surface area (Å²) in [6.45, 7) is 9.25. The van der Waals surface area contributed by atoms with Crippen molar-refractivity contribution in [3.63, 3.8) is 0 Å². The molecular formula is C28H38FNO4. The highest BCUT2D eigenvalue weighted by Gasteiger charge is 2.28. The zero-order chi connectivity index (χ0) is 24.7. The van der Waals surface area contributed by atoms with Gasteiger partial charge in [0.05, 0.1) is 25.4 Å². The summed E-state index contributed by atoms with van der Waals surface area (Å²) in [4.78, 5) is 14.1. The van der Waals surface area contributed by atoms with Crippen LogP contribution in [0.25, 0.3) is 11.1 Å². The standard InChI is InChI=1S/C28H38FNO4/c1-20-10-8-11-21(18-20)26-23(13-9-14-24(26)29)25(32-5)15-7-6-12-22-19-30(16-17-33-22)27(31)34-28(2,3)4/h8-11,13-14,18,22,25H,6-7,12,15-17,19H2,1-5H3. The summed E-state index contributed by atoms with van der Waals surface area (Å²) in [5.41, 5.74) is 2.94. The van der Waals surface area contributed by atoms with E-state index in [1.54, 1.807) is 18.1 Å². The van der Waals surface area contributed by atoms with Crippen LogP contribution < -0.4 is 0 Å². The molecule has 1 aliphatic heterocycles. The van der Waals surface area contributed by atoms with Crippen LogP contribution in [-0.4, -0.2) is 49.5 Å². The van der Waals surface area contributed by atoms with Gasteiger partial charge in [0.25, 0.3) is 0 Å². The number of carbonyl (C=O) groups is 1. The topological polar surface area (TPSA) is 48.0 Å². The second-order valence-electron chi connectivity index (χ2n) is 10.0. The first-order valence-corrected chi connectivity index (χ1v) is 12.2. The molecule has 2 unspecified atom stereocenters. The van der Waals surface area contributed by atoms with Gasteiger partial charge in [-0.3, -0.25) is 0 Å². The maximum absolute atomic E-state index is 14.9. The Bertz CT molecular complexity index is 956. The van der Waals surface area contributed by atoms with Gasteiger partial charge in [0, 0.05) is 19.2 Å². The van der Waals surface area contributed by atoms with E-state index in [4.69, 9.17) is 14.2 Å². The molecule has 186 valence electrons. The highest BCUT2D eigenvalue weighted by molar-refractivity contribution is 5.69. The van der Waals surface area contributed by atoms with Crippen molar-refractivity contribution in [3.05, 3.63) is 59.4 Å². The van der Waals surface area contributed by atoms with E-state index in [0.717, 1.165) is 42.4 Å². The SMILES string of the molecule is COC(CCCCC1CN(C(=O)OC(C)(C)C)CCO1)c1cccc(F)c1-c1cccc(C)c1. The van der Waals surface area contributed by atoms with Crippen LogP contribution in [0.15, 0.2) is 42.5 Å². The lowest BCUT2D eigenvalue weighted by atomic mass is 9.92. The number of nitrogens with zero attached hydrogens (tertiary/aromatic N) is 1. The normalized spacial score (nSPS) is 17.5. The molecule has 34 heavy (non-hydrogen) atoms. The Labute approximate surface area is 203 Å². The molecule has 5 nitrogen and oxygen atoms in total. The number of morpholine rings is 1. The molecular weight excluding hydrogens is 433 g/mol. The highest BCUT2D eigenvalue weighted by Crippen LogP contribution is 2.35. The number of methoxy groups -OCH3 is 1. The first-order chi connectivity index (χ1) is 16.2. The third kappa shape index (κ3) is 7.28. The Kier molecular flexibility index (Phi) is 9.09. The summed E-state index contributed by atoms with van der Waals surface area (Å²) in [5.74, 6) is -0.233. The van der Waals surface area contributed by atoms with Gasteiger partial charge in [-0.1, -0.05) is 54.8 Å². The number of hydrogen-bond acceptors (Lipinski definition) is 4. The van der Waals surface area contributed by atoms with Gasteiger partial charge in [-0.05, 0) is 57.7 Å².